The molecule has 0 amide bonds. The van der Waals surface area contributed by atoms with Gasteiger partial charge in [-0.15, -0.1) is 5.10 Å². The van der Waals surface area contributed by atoms with Gasteiger partial charge < -0.3 is 5.73 Å². The second kappa shape index (κ2) is 4.57. The number of benzene rings is 1. The molecule has 4 nitrogen and oxygen atoms in total. The molecule has 1 aromatic heterocycles. The molecule has 1 aromatic carbocycles. The van der Waals surface area contributed by atoms with Crippen molar-refractivity contribution in [1.82, 2.24) is 14.8 Å². The quantitative estimate of drug-likeness (QED) is 0.881. The Bertz CT molecular complexity index is 528. The lowest BCUT2D eigenvalue weighted by Crippen LogP contribution is -2.04. The molecule has 0 radical (unpaired) electrons. The number of hydrogen-bond acceptors (Lipinski definition) is 3. The molecular formula is C13H18N4. The molecule has 17 heavy (non-hydrogen) atoms. The first-order valence-electron chi connectivity index (χ1n) is 5.91. The molecule has 2 N–H and O–H groups in total. The van der Waals surface area contributed by atoms with Crippen LogP contribution < -0.4 is 5.73 Å². The van der Waals surface area contributed by atoms with Gasteiger partial charge in [-0.1, -0.05) is 24.6 Å². The average molecular weight is 230 g/mol. The van der Waals surface area contributed by atoms with E-state index in [1.807, 2.05) is 6.07 Å². The largest absolute Gasteiger partial charge is 0.368 e. The maximum absolute atomic E-state index is 5.90. The van der Waals surface area contributed by atoms with Crippen molar-refractivity contribution >= 4 is 5.95 Å². The fourth-order valence-corrected chi connectivity index (χ4v) is 1.92. The Morgan fingerprint density at radius 2 is 2.06 bits per heavy atom. The average Bonchev–Trinajstić information content (AvgIpc) is 2.60. The van der Waals surface area contributed by atoms with Crippen molar-refractivity contribution in [2.75, 3.05) is 5.73 Å². The van der Waals surface area contributed by atoms with Crippen LogP contribution in [0.2, 0.25) is 0 Å². The van der Waals surface area contributed by atoms with Gasteiger partial charge in [-0.2, -0.15) is 9.67 Å². The summed E-state index contributed by atoms with van der Waals surface area (Å²) in [7, 11) is 0. The fraction of sp³-hybridized carbons (Fsp3) is 0.385. The summed E-state index contributed by atoms with van der Waals surface area (Å²) in [6.45, 7) is 6.24. The van der Waals surface area contributed by atoms with Crippen LogP contribution in [0.5, 0.6) is 0 Å². The van der Waals surface area contributed by atoms with E-state index in [4.69, 9.17) is 5.73 Å². The van der Waals surface area contributed by atoms with Crippen LogP contribution in [-0.4, -0.2) is 14.8 Å². The number of nitrogen functional groups attached to an aromatic ring is 1. The van der Waals surface area contributed by atoms with Crippen molar-refractivity contribution in [2.45, 2.75) is 33.6 Å². The lowest BCUT2D eigenvalue weighted by atomic mass is 10.1. The Morgan fingerprint density at radius 3 is 2.71 bits per heavy atom. The monoisotopic (exact) mass is 230 g/mol. The van der Waals surface area contributed by atoms with Gasteiger partial charge in [0.15, 0.2) is 5.82 Å². The molecule has 0 aliphatic heterocycles. The van der Waals surface area contributed by atoms with Crippen molar-refractivity contribution in [1.29, 1.82) is 0 Å². The number of aryl methyl sites for hydroxylation is 3. The fourth-order valence-electron chi connectivity index (χ4n) is 1.92. The normalized spacial score (nSPS) is 10.8. The lowest BCUT2D eigenvalue weighted by molar-refractivity contribution is 0.798. The first-order chi connectivity index (χ1) is 8.11. The van der Waals surface area contributed by atoms with Crippen LogP contribution in [0.15, 0.2) is 18.2 Å². The summed E-state index contributed by atoms with van der Waals surface area (Å²) in [4.78, 5) is 4.27. The molecule has 0 atom stereocenters. The Balaban J connectivity index is 2.45. The summed E-state index contributed by atoms with van der Waals surface area (Å²) in [6, 6.07) is 6.21. The molecule has 90 valence electrons. The Kier molecular flexibility index (Phi) is 3.13. The SMILES string of the molecule is CCCc1nc(N)n(-c2ccc(C)cc2C)n1. The van der Waals surface area contributed by atoms with Gasteiger partial charge in [0.2, 0.25) is 5.95 Å². The number of rotatable bonds is 3. The summed E-state index contributed by atoms with van der Waals surface area (Å²) < 4.78 is 1.72. The summed E-state index contributed by atoms with van der Waals surface area (Å²) >= 11 is 0. The Labute approximate surface area is 101 Å². The van der Waals surface area contributed by atoms with Crippen molar-refractivity contribution in [3.8, 4) is 5.69 Å². The molecule has 0 aliphatic rings. The number of anilines is 1. The van der Waals surface area contributed by atoms with Crippen LogP contribution in [0.4, 0.5) is 5.95 Å². The van der Waals surface area contributed by atoms with E-state index in [0.29, 0.717) is 5.95 Å². The van der Waals surface area contributed by atoms with E-state index < -0.39 is 0 Å². The van der Waals surface area contributed by atoms with Gasteiger partial charge >= 0.3 is 0 Å². The van der Waals surface area contributed by atoms with Gasteiger partial charge in [-0.3, -0.25) is 0 Å². The van der Waals surface area contributed by atoms with Gasteiger partial charge in [-0.25, -0.2) is 0 Å². The van der Waals surface area contributed by atoms with Gasteiger partial charge in [0.1, 0.15) is 0 Å². The molecule has 1 heterocycles. The van der Waals surface area contributed by atoms with E-state index in [1.54, 1.807) is 4.68 Å². The van der Waals surface area contributed by atoms with Crippen LogP contribution in [0.3, 0.4) is 0 Å². The molecule has 4 heteroatoms. The van der Waals surface area contributed by atoms with E-state index in [-0.39, 0.29) is 0 Å². The van der Waals surface area contributed by atoms with Crippen molar-refractivity contribution in [3.63, 3.8) is 0 Å². The minimum Gasteiger partial charge on any atom is -0.368 e. The molecule has 0 unspecified atom stereocenters. The van der Waals surface area contributed by atoms with Crippen LogP contribution in [0.25, 0.3) is 5.69 Å². The molecule has 0 bridgehead atoms. The minimum absolute atomic E-state index is 0.459. The second-order valence-electron chi connectivity index (χ2n) is 4.34. The minimum atomic E-state index is 0.459. The van der Waals surface area contributed by atoms with Crippen LogP contribution >= 0.6 is 0 Å². The highest BCUT2D eigenvalue weighted by Crippen LogP contribution is 2.17. The van der Waals surface area contributed by atoms with E-state index in [9.17, 15) is 0 Å². The van der Waals surface area contributed by atoms with Crippen molar-refractivity contribution in [2.24, 2.45) is 0 Å². The zero-order valence-corrected chi connectivity index (χ0v) is 10.6. The number of hydrogen-bond donors (Lipinski definition) is 1. The topological polar surface area (TPSA) is 56.7 Å². The van der Waals surface area contributed by atoms with Gasteiger partial charge in [0, 0.05) is 6.42 Å². The molecule has 2 rings (SSSR count). The molecule has 0 aliphatic carbocycles. The third-order valence-electron chi connectivity index (χ3n) is 2.73. The first kappa shape index (κ1) is 11.6. The zero-order chi connectivity index (χ0) is 12.4. The third-order valence-corrected chi connectivity index (χ3v) is 2.73. The molecule has 0 saturated heterocycles. The Hall–Kier alpha value is -1.84. The smallest absolute Gasteiger partial charge is 0.223 e. The summed E-state index contributed by atoms with van der Waals surface area (Å²) in [5.41, 5.74) is 9.29. The highest BCUT2D eigenvalue weighted by atomic mass is 15.4. The maximum atomic E-state index is 5.90. The van der Waals surface area contributed by atoms with Crippen molar-refractivity contribution < 1.29 is 0 Å². The summed E-state index contributed by atoms with van der Waals surface area (Å²) in [5, 5.41) is 4.44. The number of nitrogens with two attached hydrogens (primary N) is 1. The molecule has 0 spiro atoms. The van der Waals surface area contributed by atoms with Crippen LogP contribution in [0, 0.1) is 13.8 Å². The Morgan fingerprint density at radius 1 is 1.29 bits per heavy atom. The molecular weight excluding hydrogens is 212 g/mol. The van der Waals surface area contributed by atoms with Gasteiger partial charge in [0.25, 0.3) is 0 Å². The van der Waals surface area contributed by atoms with Gasteiger partial charge in [0.05, 0.1) is 5.69 Å². The molecule has 0 fully saturated rings. The number of aromatic nitrogens is 3. The predicted molar refractivity (Wildman–Crippen MR) is 69.2 cm³/mol. The van der Waals surface area contributed by atoms with E-state index >= 15 is 0 Å². The van der Waals surface area contributed by atoms with Crippen LogP contribution in [0.1, 0.15) is 30.3 Å². The zero-order valence-electron chi connectivity index (χ0n) is 10.6. The second-order valence-corrected chi connectivity index (χ2v) is 4.34. The maximum Gasteiger partial charge on any atom is 0.223 e. The highest BCUT2D eigenvalue weighted by Gasteiger charge is 2.09. The lowest BCUT2D eigenvalue weighted by Gasteiger charge is -2.07. The third kappa shape index (κ3) is 2.30. The number of nitrogens with zero attached hydrogens (tertiary/aromatic N) is 3. The summed E-state index contributed by atoms with van der Waals surface area (Å²) in [6.07, 6.45) is 1.89. The highest BCUT2D eigenvalue weighted by molar-refractivity contribution is 5.45. The van der Waals surface area contributed by atoms with E-state index in [0.717, 1.165) is 29.9 Å². The molecule has 2 aromatic rings. The van der Waals surface area contributed by atoms with Crippen LogP contribution in [-0.2, 0) is 6.42 Å². The van der Waals surface area contributed by atoms with E-state index in [1.165, 1.54) is 5.56 Å². The first-order valence-corrected chi connectivity index (χ1v) is 5.91. The standard InChI is InChI=1S/C13H18N4/c1-4-5-12-15-13(14)17(16-12)11-7-6-9(2)8-10(11)3/h6-8H,4-5H2,1-3H3,(H2,14,15,16). The van der Waals surface area contributed by atoms with E-state index in [2.05, 4.69) is 43.0 Å². The van der Waals surface area contributed by atoms with Gasteiger partial charge in [-0.05, 0) is 31.9 Å². The van der Waals surface area contributed by atoms with Crippen molar-refractivity contribution in [3.05, 3.63) is 35.2 Å². The summed E-state index contributed by atoms with van der Waals surface area (Å²) in [5.74, 6) is 1.27. The molecule has 0 saturated carbocycles. The predicted octanol–water partition coefficient (Wildman–Crippen LogP) is 2.42.